The summed E-state index contributed by atoms with van der Waals surface area (Å²) in [5, 5.41) is 20.7. The Morgan fingerprint density at radius 1 is 1.31 bits per heavy atom. The molecule has 0 aromatic rings. The Bertz CT molecular complexity index is 109. The van der Waals surface area contributed by atoms with Crippen LogP contribution in [0.4, 0.5) is 0 Å². The molecule has 0 aliphatic heterocycles. The highest BCUT2D eigenvalue weighted by Crippen LogP contribution is 1.90. The Morgan fingerprint density at radius 2 is 2.00 bits per heavy atom. The van der Waals surface area contributed by atoms with Crippen LogP contribution in [0.15, 0.2) is 0 Å². The minimum absolute atomic E-state index is 0.0809. The van der Waals surface area contributed by atoms with Gasteiger partial charge >= 0.3 is 0 Å². The summed E-state index contributed by atoms with van der Waals surface area (Å²) in [5.41, 5.74) is 0. The van der Waals surface area contributed by atoms with Gasteiger partial charge in [0.15, 0.2) is 0 Å². The van der Waals surface area contributed by atoms with E-state index < -0.39 is 0 Å². The van der Waals surface area contributed by atoms with E-state index in [1.807, 2.05) is 6.92 Å². The minimum atomic E-state index is -0.321. The summed E-state index contributed by atoms with van der Waals surface area (Å²) in [7, 11) is 0. The third-order valence-electron chi connectivity index (χ3n) is 1.89. The van der Waals surface area contributed by atoms with Crippen molar-refractivity contribution in [2.24, 2.45) is 0 Å². The lowest BCUT2D eigenvalue weighted by molar-refractivity contribution is 0.0888. The van der Waals surface area contributed by atoms with Crippen molar-refractivity contribution in [3.8, 4) is 0 Å². The van der Waals surface area contributed by atoms with E-state index in [1.165, 1.54) is 0 Å². The van der Waals surface area contributed by atoms with Gasteiger partial charge < -0.3 is 20.3 Å². The molecule has 0 aliphatic carbocycles. The second kappa shape index (κ2) is 8.44. The molecule has 3 N–H and O–H groups in total. The summed E-state index contributed by atoms with van der Waals surface area (Å²) in [6, 6.07) is 0.123. The fourth-order valence-corrected chi connectivity index (χ4v) is 0.841. The predicted octanol–water partition coefficient (Wildman–Crippen LogP) is -0.256. The van der Waals surface area contributed by atoms with E-state index in [1.54, 1.807) is 6.92 Å². The third kappa shape index (κ3) is 8.18. The molecule has 0 rings (SSSR count). The zero-order valence-electron chi connectivity index (χ0n) is 8.49. The van der Waals surface area contributed by atoms with Crippen LogP contribution in [0.5, 0.6) is 0 Å². The van der Waals surface area contributed by atoms with E-state index in [-0.39, 0.29) is 18.8 Å². The molecule has 0 aromatic carbocycles. The fourth-order valence-electron chi connectivity index (χ4n) is 0.841. The van der Waals surface area contributed by atoms with Gasteiger partial charge in [0.25, 0.3) is 0 Å². The summed E-state index contributed by atoms with van der Waals surface area (Å²) in [6.07, 6.45) is 0.579. The summed E-state index contributed by atoms with van der Waals surface area (Å²) in [5.74, 6) is 0. The van der Waals surface area contributed by atoms with E-state index in [2.05, 4.69) is 5.32 Å². The van der Waals surface area contributed by atoms with Crippen LogP contribution in [-0.4, -0.2) is 48.7 Å². The second-order valence-electron chi connectivity index (χ2n) is 3.17. The number of rotatable bonds is 8. The SMILES string of the molecule is CC(O)C(C)NCCCOCCO. The van der Waals surface area contributed by atoms with Crippen molar-refractivity contribution in [1.29, 1.82) is 0 Å². The lowest BCUT2D eigenvalue weighted by atomic mass is 10.2. The first-order chi connectivity index (χ1) is 6.18. The zero-order chi connectivity index (χ0) is 10.1. The molecule has 13 heavy (non-hydrogen) atoms. The first-order valence-corrected chi connectivity index (χ1v) is 4.78. The van der Waals surface area contributed by atoms with Gasteiger partial charge in [0.2, 0.25) is 0 Å². The number of aliphatic hydroxyl groups is 2. The van der Waals surface area contributed by atoms with E-state index in [4.69, 9.17) is 14.9 Å². The molecule has 80 valence electrons. The Kier molecular flexibility index (Phi) is 8.33. The molecule has 0 aromatic heterocycles. The van der Waals surface area contributed by atoms with Crippen LogP contribution in [-0.2, 0) is 4.74 Å². The normalized spacial score (nSPS) is 15.7. The smallest absolute Gasteiger partial charge is 0.0697 e. The predicted molar refractivity (Wildman–Crippen MR) is 51.7 cm³/mol. The van der Waals surface area contributed by atoms with Gasteiger partial charge in [0.05, 0.1) is 19.3 Å². The summed E-state index contributed by atoms with van der Waals surface area (Å²) in [6.45, 7) is 5.68. The van der Waals surface area contributed by atoms with Gasteiger partial charge in [-0.2, -0.15) is 0 Å². The second-order valence-corrected chi connectivity index (χ2v) is 3.17. The molecular formula is C9H21NO3. The Morgan fingerprint density at radius 3 is 2.54 bits per heavy atom. The maximum Gasteiger partial charge on any atom is 0.0697 e. The molecule has 0 saturated carbocycles. The molecule has 0 fully saturated rings. The van der Waals surface area contributed by atoms with Gasteiger partial charge in [-0.15, -0.1) is 0 Å². The maximum absolute atomic E-state index is 9.13. The van der Waals surface area contributed by atoms with Crippen LogP contribution >= 0.6 is 0 Å². The molecule has 4 heteroatoms. The Labute approximate surface area is 79.9 Å². The van der Waals surface area contributed by atoms with Gasteiger partial charge in [0, 0.05) is 12.6 Å². The molecule has 0 bridgehead atoms. The van der Waals surface area contributed by atoms with Crippen molar-refractivity contribution in [3.05, 3.63) is 0 Å². The van der Waals surface area contributed by atoms with Gasteiger partial charge in [-0.1, -0.05) is 0 Å². The van der Waals surface area contributed by atoms with Crippen molar-refractivity contribution in [1.82, 2.24) is 5.32 Å². The van der Waals surface area contributed by atoms with Gasteiger partial charge in [-0.05, 0) is 26.8 Å². The third-order valence-corrected chi connectivity index (χ3v) is 1.89. The minimum Gasteiger partial charge on any atom is -0.394 e. The lowest BCUT2D eigenvalue weighted by Gasteiger charge is -2.16. The van der Waals surface area contributed by atoms with Gasteiger partial charge in [-0.25, -0.2) is 0 Å². The first-order valence-electron chi connectivity index (χ1n) is 4.78. The lowest BCUT2D eigenvalue weighted by Crippen LogP contribution is -2.36. The average molecular weight is 191 g/mol. The molecule has 0 heterocycles. The summed E-state index contributed by atoms with van der Waals surface area (Å²) >= 11 is 0. The van der Waals surface area contributed by atoms with Gasteiger partial charge in [0.1, 0.15) is 0 Å². The van der Waals surface area contributed by atoms with E-state index in [9.17, 15) is 0 Å². The summed E-state index contributed by atoms with van der Waals surface area (Å²) < 4.78 is 5.07. The molecule has 0 amide bonds. The molecule has 0 aliphatic rings. The number of hydrogen-bond acceptors (Lipinski definition) is 4. The van der Waals surface area contributed by atoms with Crippen LogP contribution in [0.3, 0.4) is 0 Å². The Balaban J connectivity index is 3.07. The average Bonchev–Trinajstić information content (AvgIpc) is 2.10. The van der Waals surface area contributed by atoms with Crippen molar-refractivity contribution >= 4 is 0 Å². The van der Waals surface area contributed by atoms with Gasteiger partial charge in [-0.3, -0.25) is 0 Å². The van der Waals surface area contributed by atoms with Crippen molar-refractivity contribution in [2.75, 3.05) is 26.4 Å². The molecule has 0 radical (unpaired) electrons. The zero-order valence-corrected chi connectivity index (χ0v) is 8.49. The number of hydrogen-bond donors (Lipinski definition) is 3. The van der Waals surface area contributed by atoms with Crippen LogP contribution in [0.25, 0.3) is 0 Å². The molecule has 0 spiro atoms. The van der Waals surface area contributed by atoms with Crippen molar-refractivity contribution in [2.45, 2.75) is 32.4 Å². The highest BCUT2D eigenvalue weighted by atomic mass is 16.5. The molecule has 2 unspecified atom stereocenters. The standard InChI is InChI=1S/C9H21NO3/c1-8(9(2)12)10-4-3-6-13-7-5-11/h8-12H,3-7H2,1-2H3. The van der Waals surface area contributed by atoms with E-state index in [0.29, 0.717) is 13.2 Å². The monoisotopic (exact) mass is 191 g/mol. The highest BCUT2D eigenvalue weighted by molar-refractivity contribution is 4.65. The van der Waals surface area contributed by atoms with Crippen molar-refractivity contribution in [3.63, 3.8) is 0 Å². The number of aliphatic hydroxyl groups excluding tert-OH is 2. The summed E-state index contributed by atoms with van der Waals surface area (Å²) in [4.78, 5) is 0. The van der Waals surface area contributed by atoms with Crippen LogP contribution in [0, 0.1) is 0 Å². The molecule has 2 atom stereocenters. The molecular weight excluding hydrogens is 170 g/mol. The Hall–Kier alpha value is -0.160. The first kappa shape index (κ1) is 12.8. The maximum atomic E-state index is 9.13. The molecule has 0 saturated heterocycles. The van der Waals surface area contributed by atoms with Crippen LogP contribution in [0.1, 0.15) is 20.3 Å². The fraction of sp³-hybridized carbons (Fsp3) is 1.00. The number of ether oxygens (including phenoxy) is 1. The molecule has 4 nitrogen and oxygen atoms in total. The largest absolute Gasteiger partial charge is 0.394 e. The number of nitrogens with one attached hydrogen (secondary N) is 1. The highest BCUT2D eigenvalue weighted by Gasteiger charge is 2.05. The van der Waals surface area contributed by atoms with Crippen LogP contribution in [0.2, 0.25) is 0 Å². The van der Waals surface area contributed by atoms with Crippen molar-refractivity contribution < 1.29 is 14.9 Å². The quantitative estimate of drug-likeness (QED) is 0.463. The van der Waals surface area contributed by atoms with Crippen LogP contribution < -0.4 is 5.32 Å². The van der Waals surface area contributed by atoms with E-state index >= 15 is 0 Å². The van der Waals surface area contributed by atoms with E-state index in [0.717, 1.165) is 13.0 Å². The topological polar surface area (TPSA) is 61.7 Å².